The Kier molecular flexibility index (Phi) is 7.37. The van der Waals surface area contributed by atoms with Gasteiger partial charge in [0.1, 0.15) is 9.84 Å². The maximum absolute atomic E-state index is 11.5. The molecule has 8 heteroatoms. The first kappa shape index (κ1) is 16.4. The number of halogens is 1. The molecule has 0 aromatic rings. The maximum Gasteiger partial charge on any atom is 0.407 e. The summed E-state index contributed by atoms with van der Waals surface area (Å²) in [7, 11) is -3.17. The van der Waals surface area contributed by atoms with Crippen LogP contribution in [0.25, 0.3) is 0 Å². The molecule has 6 nitrogen and oxygen atoms in total. The van der Waals surface area contributed by atoms with E-state index >= 15 is 0 Å². The highest BCUT2D eigenvalue weighted by atomic mass is 79.9. The SMILES string of the molecule is CCOC(=O)NC(CCS(C)(=O)=O)C(=O)CBr. The van der Waals surface area contributed by atoms with Crippen molar-refractivity contribution in [1.82, 2.24) is 5.32 Å². The van der Waals surface area contributed by atoms with Gasteiger partial charge in [-0.2, -0.15) is 0 Å². The zero-order valence-electron chi connectivity index (χ0n) is 9.73. The largest absolute Gasteiger partial charge is 0.450 e. The second kappa shape index (κ2) is 7.65. The minimum Gasteiger partial charge on any atom is -0.450 e. The topological polar surface area (TPSA) is 89.5 Å². The first-order chi connectivity index (χ1) is 7.80. The molecule has 0 rings (SSSR count). The third-order valence-corrected chi connectivity index (χ3v) is 3.40. The normalized spacial score (nSPS) is 12.9. The molecule has 0 aliphatic heterocycles. The summed E-state index contributed by atoms with van der Waals surface area (Å²) >= 11 is 2.97. The van der Waals surface area contributed by atoms with Crippen LogP contribution in [0.3, 0.4) is 0 Å². The Morgan fingerprint density at radius 3 is 2.41 bits per heavy atom. The molecule has 0 aliphatic rings. The number of hydrogen-bond acceptors (Lipinski definition) is 5. The highest BCUT2D eigenvalue weighted by Crippen LogP contribution is 2.01. The van der Waals surface area contributed by atoms with Crippen molar-refractivity contribution in [3.05, 3.63) is 0 Å². The summed E-state index contributed by atoms with van der Waals surface area (Å²) in [5.74, 6) is -0.454. The van der Waals surface area contributed by atoms with Crippen LogP contribution >= 0.6 is 15.9 Å². The number of Topliss-reactive ketones (excluding diaryl/α,β-unsaturated/α-hetero) is 1. The predicted molar refractivity (Wildman–Crippen MR) is 67.1 cm³/mol. The number of hydrogen-bond donors (Lipinski definition) is 1. The molecule has 0 saturated carbocycles. The Morgan fingerprint density at radius 1 is 1.41 bits per heavy atom. The molecule has 1 unspecified atom stereocenters. The monoisotopic (exact) mass is 329 g/mol. The Labute approximate surface area is 109 Å². The molecule has 0 fully saturated rings. The Balaban J connectivity index is 4.44. The van der Waals surface area contributed by atoms with Gasteiger partial charge in [0.2, 0.25) is 0 Å². The van der Waals surface area contributed by atoms with Gasteiger partial charge in [0.25, 0.3) is 0 Å². The van der Waals surface area contributed by atoms with Gasteiger partial charge in [-0.05, 0) is 13.3 Å². The molecular weight excluding hydrogens is 314 g/mol. The van der Waals surface area contributed by atoms with Gasteiger partial charge in [-0.25, -0.2) is 13.2 Å². The number of ketones is 1. The van der Waals surface area contributed by atoms with Gasteiger partial charge >= 0.3 is 6.09 Å². The smallest absolute Gasteiger partial charge is 0.407 e. The number of sulfone groups is 1. The van der Waals surface area contributed by atoms with Gasteiger partial charge < -0.3 is 10.1 Å². The van der Waals surface area contributed by atoms with Crippen LogP contribution in [0.1, 0.15) is 13.3 Å². The Hall–Kier alpha value is -0.630. The summed E-state index contributed by atoms with van der Waals surface area (Å²) in [6.45, 7) is 1.82. The highest BCUT2D eigenvalue weighted by molar-refractivity contribution is 9.09. The first-order valence-corrected chi connectivity index (χ1v) is 8.18. The summed E-state index contributed by atoms with van der Waals surface area (Å²) < 4.78 is 26.6. The standard InChI is InChI=1S/C9H16BrNO5S/c1-3-16-9(13)11-7(8(12)6-10)4-5-17(2,14)15/h7H,3-6H2,1-2H3,(H,11,13). The van der Waals surface area contributed by atoms with Gasteiger partial charge in [-0.15, -0.1) is 0 Å². The van der Waals surface area contributed by atoms with E-state index in [9.17, 15) is 18.0 Å². The second-order valence-corrected chi connectivity index (χ2v) is 6.26. The summed E-state index contributed by atoms with van der Waals surface area (Å²) in [6.07, 6.45) is 0.398. The third-order valence-electron chi connectivity index (χ3n) is 1.87. The van der Waals surface area contributed by atoms with Gasteiger partial charge in [0, 0.05) is 6.26 Å². The number of carbonyl (C=O) groups is 2. The number of ether oxygens (including phenoxy) is 1. The number of nitrogens with one attached hydrogen (secondary N) is 1. The molecule has 1 amide bonds. The van der Waals surface area contributed by atoms with Crippen molar-refractivity contribution in [3.63, 3.8) is 0 Å². The molecule has 1 N–H and O–H groups in total. The molecule has 0 aromatic heterocycles. The van der Waals surface area contributed by atoms with Crippen molar-refractivity contribution in [2.75, 3.05) is 23.9 Å². The van der Waals surface area contributed by atoms with Crippen molar-refractivity contribution < 1.29 is 22.7 Å². The molecule has 0 spiro atoms. The number of rotatable bonds is 7. The van der Waals surface area contributed by atoms with Gasteiger partial charge in [-0.3, -0.25) is 4.79 Å². The number of alkyl halides is 1. The van der Waals surface area contributed by atoms with Crippen LogP contribution in [0.2, 0.25) is 0 Å². The third kappa shape index (κ3) is 8.14. The van der Waals surface area contributed by atoms with Gasteiger partial charge in [0.15, 0.2) is 5.78 Å². The lowest BCUT2D eigenvalue weighted by Gasteiger charge is -2.15. The van der Waals surface area contributed by atoms with E-state index in [1.54, 1.807) is 6.92 Å². The predicted octanol–water partition coefficient (Wildman–Crippen LogP) is 0.500. The van der Waals surface area contributed by atoms with E-state index in [4.69, 9.17) is 0 Å². The molecule has 0 aliphatic carbocycles. The fraction of sp³-hybridized carbons (Fsp3) is 0.778. The summed E-state index contributed by atoms with van der Waals surface area (Å²) in [5, 5.41) is 2.39. The number of amides is 1. The van der Waals surface area contributed by atoms with Crippen LogP contribution in [0.15, 0.2) is 0 Å². The summed E-state index contributed by atoms with van der Waals surface area (Å²) in [6, 6.07) is -0.844. The van der Waals surface area contributed by atoms with Crippen molar-refractivity contribution in [2.45, 2.75) is 19.4 Å². The van der Waals surface area contributed by atoms with E-state index in [1.165, 1.54) is 0 Å². The molecule has 0 aromatic carbocycles. The highest BCUT2D eigenvalue weighted by Gasteiger charge is 2.21. The van der Waals surface area contributed by atoms with Crippen molar-refractivity contribution in [3.8, 4) is 0 Å². The summed E-state index contributed by atoms with van der Waals surface area (Å²) in [5.41, 5.74) is 0. The van der Waals surface area contributed by atoms with E-state index in [1.807, 2.05) is 0 Å². The van der Waals surface area contributed by atoms with Crippen molar-refractivity contribution in [2.24, 2.45) is 0 Å². The molecule has 100 valence electrons. The fourth-order valence-electron chi connectivity index (χ4n) is 1.05. The Bertz CT molecular complexity index is 368. The quantitative estimate of drug-likeness (QED) is 0.687. The van der Waals surface area contributed by atoms with Crippen LogP contribution in [0.4, 0.5) is 4.79 Å². The molecule has 0 heterocycles. The zero-order chi connectivity index (χ0) is 13.5. The molecule has 0 saturated heterocycles. The van der Waals surface area contributed by atoms with Crippen LogP contribution in [0.5, 0.6) is 0 Å². The summed E-state index contributed by atoms with van der Waals surface area (Å²) in [4.78, 5) is 22.6. The average molecular weight is 330 g/mol. The lowest BCUT2D eigenvalue weighted by Crippen LogP contribution is -2.42. The Morgan fingerprint density at radius 2 is 2.00 bits per heavy atom. The van der Waals surface area contributed by atoms with Gasteiger partial charge in [0.05, 0.1) is 23.7 Å². The second-order valence-electron chi connectivity index (χ2n) is 3.44. The molecular formula is C9H16BrNO5S. The minimum absolute atomic E-state index is 0.0437. The van der Waals surface area contributed by atoms with E-state index in [0.717, 1.165) is 6.26 Å². The molecule has 1 atom stereocenters. The van der Waals surface area contributed by atoms with Crippen LogP contribution < -0.4 is 5.32 Å². The van der Waals surface area contributed by atoms with E-state index < -0.39 is 22.0 Å². The van der Waals surface area contributed by atoms with Crippen LogP contribution in [-0.2, 0) is 19.4 Å². The van der Waals surface area contributed by atoms with Crippen molar-refractivity contribution >= 4 is 37.6 Å². The van der Waals surface area contributed by atoms with E-state index in [2.05, 4.69) is 26.0 Å². The lowest BCUT2D eigenvalue weighted by atomic mass is 10.1. The number of alkyl carbamates (subject to hydrolysis) is 1. The zero-order valence-corrected chi connectivity index (χ0v) is 12.1. The first-order valence-electron chi connectivity index (χ1n) is 4.99. The molecule has 0 radical (unpaired) electrons. The lowest BCUT2D eigenvalue weighted by molar-refractivity contribution is -0.118. The van der Waals surface area contributed by atoms with E-state index in [0.29, 0.717) is 0 Å². The van der Waals surface area contributed by atoms with Crippen LogP contribution in [-0.4, -0.2) is 50.3 Å². The fourth-order valence-corrected chi connectivity index (χ4v) is 2.11. The molecule has 17 heavy (non-hydrogen) atoms. The molecule has 0 bridgehead atoms. The minimum atomic E-state index is -3.17. The van der Waals surface area contributed by atoms with E-state index in [-0.39, 0.29) is 29.9 Å². The maximum atomic E-state index is 11.5. The van der Waals surface area contributed by atoms with Gasteiger partial charge in [-0.1, -0.05) is 15.9 Å². The van der Waals surface area contributed by atoms with Crippen molar-refractivity contribution in [1.29, 1.82) is 0 Å². The number of carbonyl (C=O) groups excluding carboxylic acids is 2. The average Bonchev–Trinajstić information content (AvgIpc) is 2.22. The van der Waals surface area contributed by atoms with Crippen LogP contribution in [0, 0.1) is 0 Å².